The lowest BCUT2D eigenvalue weighted by Gasteiger charge is -1.95. The molecule has 0 saturated carbocycles. The molecule has 1 aromatic carbocycles. The second kappa shape index (κ2) is 5.36. The van der Waals surface area contributed by atoms with Crippen molar-refractivity contribution in [3.05, 3.63) is 45.6 Å². The predicted molar refractivity (Wildman–Crippen MR) is 74.6 cm³/mol. The van der Waals surface area contributed by atoms with Gasteiger partial charge in [0.05, 0.1) is 4.92 Å². The van der Waals surface area contributed by atoms with E-state index in [1.807, 2.05) is 6.26 Å². The van der Waals surface area contributed by atoms with E-state index in [0.29, 0.717) is 15.6 Å². The number of carbonyl (C=O) groups excluding carboxylic acids is 1. The lowest BCUT2D eigenvalue weighted by atomic mass is 10.2. The molecule has 2 rings (SSSR count). The van der Waals surface area contributed by atoms with E-state index < -0.39 is 4.92 Å². The van der Waals surface area contributed by atoms with Gasteiger partial charge in [0.25, 0.3) is 5.69 Å². The Hall–Kier alpha value is -1.60. The number of non-ortho nitro benzene ring substituents is 1. The van der Waals surface area contributed by atoms with Gasteiger partial charge in [-0.15, -0.1) is 11.8 Å². The Bertz CT molecular complexity index is 581. The number of hydrogen-bond donors (Lipinski definition) is 0. The summed E-state index contributed by atoms with van der Waals surface area (Å²) in [7, 11) is 0. The highest BCUT2D eigenvalue weighted by molar-refractivity contribution is 8.45. The molecule has 0 aliphatic carbocycles. The van der Waals surface area contributed by atoms with Crippen LogP contribution in [0.15, 0.2) is 35.0 Å². The van der Waals surface area contributed by atoms with Crippen molar-refractivity contribution >= 4 is 44.8 Å². The summed E-state index contributed by atoms with van der Waals surface area (Å²) in [6.45, 7) is 0. The molecule has 0 atom stereocenters. The molecule has 0 saturated heterocycles. The Balaban J connectivity index is 2.33. The van der Waals surface area contributed by atoms with Crippen LogP contribution in [0.3, 0.4) is 0 Å². The van der Waals surface area contributed by atoms with Crippen molar-refractivity contribution in [3.8, 4) is 0 Å². The SMILES string of the molecule is CSC1=NC(=Cc2cccc([N+](=O)[O-])c2)C(=O)S1. The van der Waals surface area contributed by atoms with E-state index >= 15 is 0 Å². The van der Waals surface area contributed by atoms with E-state index in [4.69, 9.17) is 0 Å². The number of nitro groups is 1. The fourth-order valence-electron chi connectivity index (χ4n) is 1.36. The summed E-state index contributed by atoms with van der Waals surface area (Å²) in [6.07, 6.45) is 3.40. The number of nitrogens with zero attached hydrogens (tertiary/aromatic N) is 2. The Morgan fingerprint density at radius 1 is 1.50 bits per heavy atom. The Labute approximate surface area is 112 Å². The molecule has 0 radical (unpaired) electrons. The molecule has 0 aromatic heterocycles. The summed E-state index contributed by atoms with van der Waals surface area (Å²) in [5, 5.41) is 10.5. The van der Waals surface area contributed by atoms with Gasteiger partial charge < -0.3 is 0 Å². The second-order valence-corrected chi connectivity index (χ2v) is 5.37. The standard InChI is InChI=1S/C11H8N2O3S2/c1-17-11-12-9(10(14)18-11)6-7-3-2-4-8(5-7)13(15)16/h2-6H,1H3. The Kier molecular flexibility index (Phi) is 3.83. The van der Waals surface area contributed by atoms with Crippen LogP contribution in [0, 0.1) is 10.1 Å². The van der Waals surface area contributed by atoms with E-state index in [-0.39, 0.29) is 10.8 Å². The summed E-state index contributed by atoms with van der Waals surface area (Å²) in [5.41, 5.74) is 0.917. The van der Waals surface area contributed by atoms with E-state index in [1.54, 1.807) is 18.2 Å². The maximum Gasteiger partial charge on any atom is 0.270 e. The van der Waals surface area contributed by atoms with Gasteiger partial charge in [0.1, 0.15) is 10.1 Å². The fourth-order valence-corrected chi connectivity index (χ4v) is 2.62. The number of hydrogen-bond acceptors (Lipinski definition) is 6. The minimum Gasteiger partial charge on any atom is -0.279 e. The van der Waals surface area contributed by atoms with Crippen molar-refractivity contribution in [3.63, 3.8) is 0 Å². The van der Waals surface area contributed by atoms with Crippen molar-refractivity contribution in [2.45, 2.75) is 0 Å². The predicted octanol–water partition coefficient (Wildman–Crippen LogP) is 2.93. The summed E-state index contributed by atoms with van der Waals surface area (Å²) in [4.78, 5) is 25.9. The third-order valence-corrected chi connectivity index (χ3v) is 4.01. The summed E-state index contributed by atoms with van der Waals surface area (Å²) in [6, 6.07) is 6.10. The van der Waals surface area contributed by atoms with E-state index in [0.717, 1.165) is 11.8 Å². The molecule has 1 aliphatic rings. The van der Waals surface area contributed by atoms with Crippen LogP contribution in [-0.4, -0.2) is 20.7 Å². The van der Waals surface area contributed by atoms with Crippen LogP contribution in [0.5, 0.6) is 0 Å². The van der Waals surface area contributed by atoms with E-state index in [2.05, 4.69) is 4.99 Å². The molecule has 18 heavy (non-hydrogen) atoms. The zero-order valence-corrected chi connectivity index (χ0v) is 11.0. The largest absolute Gasteiger partial charge is 0.279 e. The molecule has 0 N–H and O–H groups in total. The average molecular weight is 280 g/mol. The van der Waals surface area contributed by atoms with Gasteiger partial charge in [-0.25, -0.2) is 4.99 Å². The summed E-state index contributed by atoms with van der Waals surface area (Å²) < 4.78 is 0.691. The van der Waals surface area contributed by atoms with Gasteiger partial charge in [-0.05, 0) is 29.7 Å². The number of carbonyl (C=O) groups is 1. The second-order valence-electron chi connectivity index (χ2n) is 3.35. The van der Waals surface area contributed by atoms with Crippen molar-refractivity contribution in [2.75, 3.05) is 6.26 Å². The minimum absolute atomic E-state index is 0.00322. The van der Waals surface area contributed by atoms with Crippen LogP contribution in [0.2, 0.25) is 0 Å². The third kappa shape index (κ3) is 2.80. The van der Waals surface area contributed by atoms with Crippen LogP contribution >= 0.6 is 23.5 Å². The molecule has 92 valence electrons. The first-order valence-electron chi connectivity index (χ1n) is 4.91. The molecule has 1 heterocycles. The first-order valence-corrected chi connectivity index (χ1v) is 6.95. The van der Waals surface area contributed by atoms with Crippen molar-refractivity contribution in [1.82, 2.24) is 0 Å². The summed E-state index contributed by atoms with van der Waals surface area (Å²) in [5.74, 6) is 0. The average Bonchev–Trinajstić information content (AvgIpc) is 2.70. The van der Waals surface area contributed by atoms with Gasteiger partial charge in [0, 0.05) is 12.1 Å². The molecule has 0 amide bonds. The molecule has 5 nitrogen and oxygen atoms in total. The zero-order chi connectivity index (χ0) is 13.1. The molecule has 0 bridgehead atoms. The van der Waals surface area contributed by atoms with Gasteiger partial charge in [0.15, 0.2) is 0 Å². The van der Waals surface area contributed by atoms with E-state index in [1.165, 1.54) is 23.9 Å². The molecule has 1 aromatic rings. The maximum absolute atomic E-state index is 11.6. The minimum atomic E-state index is -0.468. The fraction of sp³-hybridized carbons (Fsp3) is 0.0909. The van der Waals surface area contributed by atoms with Gasteiger partial charge in [-0.3, -0.25) is 14.9 Å². The first kappa shape index (κ1) is 12.8. The quantitative estimate of drug-likeness (QED) is 0.473. The Morgan fingerprint density at radius 3 is 2.89 bits per heavy atom. The summed E-state index contributed by atoms with van der Waals surface area (Å²) >= 11 is 2.48. The molecular formula is C11H8N2O3S2. The zero-order valence-electron chi connectivity index (χ0n) is 9.32. The van der Waals surface area contributed by atoms with Crippen molar-refractivity contribution in [2.24, 2.45) is 4.99 Å². The Morgan fingerprint density at radius 2 is 2.28 bits per heavy atom. The van der Waals surface area contributed by atoms with Gasteiger partial charge in [-0.2, -0.15) is 0 Å². The topological polar surface area (TPSA) is 72.6 Å². The normalized spacial score (nSPS) is 17.1. The lowest BCUT2D eigenvalue weighted by molar-refractivity contribution is -0.384. The van der Waals surface area contributed by atoms with Gasteiger partial charge >= 0.3 is 0 Å². The number of aliphatic imine (C=N–C) groups is 1. The number of thioether (sulfide) groups is 2. The highest BCUT2D eigenvalue weighted by Crippen LogP contribution is 2.30. The van der Waals surface area contributed by atoms with Crippen LogP contribution in [0.1, 0.15) is 5.56 Å². The molecule has 0 fully saturated rings. The number of benzene rings is 1. The van der Waals surface area contributed by atoms with Gasteiger partial charge in [0.2, 0.25) is 5.12 Å². The number of rotatable bonds is 2. The monoisotopic (exact) mass is 280 g/mol. The molecular weight excluding hydrogens is 272 g/mol. The van der Waals surface area contributed by atoms with Crippen LogP contribution in [0.4, 0.5) is 5.69 Å². The maximum atomic E-state index is 11.6. The first-order chi connectivity index (χ1) is 8.60. The van der Waals surface area contributed by atoms with Crippen molar-refractivity contribution in [1.29, 1.82) is 0 Å². The van der Waals surface area contributed by atoms with Crippen molar-refractivity contribution < 1.29 is 9.72 Å². The number of nitro benzene ring substituents is 1. The molecule has 0 spiro atoms. The molecule has 0 unspecified atom stereocenters. The molecule has 1 aliphatic heterocycles. The smallest absolute Gasteiger partial charge is 0.270 e. The lowest BCUT2D eigenvalue weighted by Crippen LogP contribution is -1.90. The highest BCUT2D eigenvalue weighted by atomic mass is 32.2. The van der Waals surface area contributed by atoms with Gasteiger partial charge in [-0.1, -0.05) is 12.1 Å². The third-order valence-electron chi connectivity index (χ3n) is 2.16. The van der Waals surface area contributed by atoms with Crippen LogP contribution < -0.4 is 0 Å². The van der Waals surface area contributed by atoms with Crippen LogP contribution in [-0.2, 0) is 4.79 Å². The van der Waals surface area contributed by atoms with Crippen LogP contribution in [0.25, 0.3) is 6.08 Å². The molecule has 7 heteroatoms. The van der Waals surface area contributed by atoms with E-state index in [9.17, 15) is 14.9 Å². The highest BCUT2D eigenvalue weighted by Gasteiger charge is 2.21.